The highest BCUT2D eigenvalue weighted by molar-refractivity contribution is 5.94. The van der Waals surface area contributed by atoms with E-state index in [1.165, 1.54) is 12.5 Å². The molecule has 13 heteroatoms. The number of carbonyl (C=O) groups is 5. The minimum absolute atomic E-state index is 0.0827. The van der Waals surface area contributed by atoms with E-state index in [-0.39, 0.29) is 24.7 Å². The quantitative estimate of drug-likeness (QED) is 0.172. The Labute approximate surface area is 202 Å². The van der Waals surface area contributed by atoms with Gasteiger partial charge in [0.05, 0.1) is 12.4 Å². The Bertz CT molecular complexity index is 885. The molecule has 1 aliphatic rings. The molecule has 5 unspecified atom stereocenters. The number of aliphatic carboxylic acids is 2. The van der Waals surface area contributed by atoms with E-state index in [0.717, 1.165) is 6.42 Å². The first-order chi connectivity index (χ1) is 16.6. The Balaban J connectivity index is 2.13. The molecule has 2 rings (SSSR count). The summed E-state index contributed by atoms with van der Waals surface area (Å²) in [5.74, 6) is -4.54. The lowest BCUT2D eigenvalue weighted by Crippen LogP contribution is -2.58. The van der Waals surface area contributed by atoms with Crippen molar-refractivity contribution in [2.45, 2.75) is 76.5 Å². The number of carboxylic acid groups (broad SMARTS) is 2. The number of rotatable bonds is 14. The van der Waals surface area contributed by atoms with Gasteiger partial charge in [0.25, 0.3) is 0 Å². The highest BCUT2D eigenvalue weighted by Crippen LogP contribution is 2.12. The first-order valence-corrected chi connectivity index (χ1v) is 11.7. The average molecular weight is 495 g/mol. The van der Waals surface area contributed by atoms with Crippen LogP contribution in [0, 0.1) is 5.92 Å². The molecular formula is C22H34N6O7. The van der Waals surface area contributed by atoms with Crippen LogP contribution in [0.3, 0.4) is 0 Å². The van der Waals surface area contributed by atoms with Crippen LogP contribution in [0.15, 0.2) is 12.5 Å². The Hall–Kier alpha value is -3.48. The summed E-state index contributed by atoms with van der Waals surface area (Å²) in [5, 5.41) is 29.3. The van der Waals surface area contributed by atoms with Crippen LogP contribution in [0.25, 0.3) is 0 Å². The van der Waals surface area contributed by atoms with Gasteiger partial charge >= 0.3 is 11.9 Å². The van der Waals surface area contributed by atoms with Crippen LogP contribution < -0.4 is 21.3 Å². The van der Waals surface area contributed by atoms with Gasteiger partial charge in [0, 0.05) is 24.7 Å². The van der Waals surface area contributed by atoms with E-state index in [1.54, 1.807) is 6.92 Å². The van der Waals surface area contributed by atoms with Crippen LogP contribution in [0.2, 0.25) is 0 Å². The molecule has 13 nitrogen and oxygen atoms in total. The predicted octanol–water partition coefficient (Wildman–Crippen LogP) is -0.846. The smallest absolute Gasteiger partial charge is 0.326 e. The summed E-state index contributed by atoms with van der Waals surface area (Å²) in [5.41, 5.74) is 0.476. The Morgan fingerprint density at radius 1 is 1.11 bits per heavy atom. The molecular weight excluding hydrogens is 460 g/mol. The van der Waals surface area contributed by atoms with Gasteiger partial charge in [-0.05, 0) is 31.7 Å². The molecule has 2 heterocycles. The lowest BCUT2D eigenvalue weighted by molar-refractivity contribution is -0.143. The van der Waals surface area contributed by atoms with E-state index in [2.05, 4.69) is 31.2 Å². The van der Waals surface area contributed by atoms with Gasteiger partial charge in [-0.15, -0.1) is 0 Å². The molecule has 1 fully saturated rings. The van der Waals surface area contributed by atoms with Crippen molar-refractivity contribution in [3.63, 3.8) is 0 Å². The second kappa shape index (κ2) is 13.4. The Kier molecular flexibility index (Phi) is 10.6. The number of carboxylic acids is 2. The zero-order valence-corrected chi connectivity index (χ0v) is 19.9. The third kappa shape index (κ3) is 8.67. The summed E-state index contributed by atoms with van der Waals surface area (Å²) >= 11 is 0. The molecule has 0 aromatic carbocycles. The zero-order chi connectivity index (χ0) is 26.0. The molecule has 1 aromatic heterocycles. The fraction of sp³-hybridized carbons (Fsp3) is 0.636. The number of aromatic amines is 1. The number of H-pyrrole nitrogens is 1. The molecule has 3 amide bonds. The van der Waals surface area contributed by atoms with E-state index in [9.17, 15) is 29.1 Å². The fourth-order valence-corrected chi connectivity index (χ4v) is 3.75. The summed E-state index contributed by atoms with van der Waals surface area (Å²) < 4.78 is 0. The molecule has 0 spiro atoms. The number of carbonyl (C=O) groups excluding carboxylic acids is 3. The molecule has 7 N–H and O–H groups in total. The van der Waals surface area contributed by atoms with E-state index in [1.807, 2.05) is 6.92 Å². The van der Waals surface area contributed by atoms with E-state index < -0.39 is 54.3 Å². The zero-order valence-electron chi connectivity index (χ0n) is 19.9. The van der Waals surface area contributed by atoms with E-state index in [0.29, 0.717) is 25.1 Å². The van der Waals surface area contributed by atoms with Gasteiger partial charge in [0.1, 0.15) is 18.1 Å². The normalized spacial score (nSPS) is 18.6. The second-order valence-corrected chi connectivity index (χ2v) is 8.69. The molecule has 0 saturated carbocycles. The van der Waals surface area contributed by atoms with Gasteiger partial charge in [-0.2, -0.15) is 0 Å². The van der Waals surface area contributed by atoms with Crippen LogP contribution in [0.5, 0.6) is 0 Å². The summed E-state index contributed by atoms with van der Waals surface area (Å²) in [6.45, 7) is 4.34. The van der Waals surface area contributed by atoms with Crippen LogP contribution in [-0.2, 0) is 30.4 Å². The number of amides is 3. The lowest BCUT2D eigenvalue weighted by atomic mass is 9.97. The highest BCUT2D eigenvalue weighted by Gasteiger charge is 2.33. The Morgan fingerprint density at radius 2 is 1.83 bits per heavy atom. The molecule has 35 heavy (non-hydrogen) atoms. The predicted molar refractivity (Wildman–Crippen MR) is 123 cm³/mol. The molecule has 1 saturated heterocycles. The van der Waals surface area contributed by atoms with Crippen molar-refractivity contribution in [1.29, 1.82) is 0 Å². The third-order valence-corrected chi connectivity index (χ3v) is 6.04. The number of nitrogens with zero attached hydrogens (tertiary/aromatic N) is 1. The number of aromatic nitrogens is 2. The number of nitrogens with one attached hydrogen (secondary N) is 5. The van der Waals surface area contributed by atoms with Crippen molar-refractivity contribution < 1.29 is 34.2 Å². The topological polar surface area (TPSA) is 203 Å². The van der Waals surface area contributed by atoms with Crippen molar-refractivity contribution in [3.05, 3.63) is 18.2 Å². The van der Waals surface area contributed by atoms with Crippen LogP contribution >= 0.6 is 0 Å². The van der Waals surface area contributed by atoms with Gasteiger partial charge < -0.3 is 36.5 Å². The first-order valence-electron chi connectivity index (χ1n) is 11.7. The lowest BCUT2D eigenvalue weighted by Gasteiger charge is -2.28. The maximum Gasteiger partial charge on any atom is 0.326 e. The maximum absolute atomic E-state index is 13.1. The summed E-state index contributed by atoms with van der Waals surface area (Å²) in [7, 11) is 0. The largest absolute Gasteiger partial charge is 0.481 e. The van der Waals surface area contributed by atoms with Crippen LogP contribution in [-0.4, -0.2) is 80.6 Å². The number of hydrogen-bond acceptors (Lipinski definition) is 7. The maximum atomic E-state index is 13.1. The Morgan fingerprint density at radius 3 is 2.37 bits per heavy atom. The molecule has 194 valence electrons. The SMILES string of the molecule is CCC(C)C(NC(=O)C1CCCN1)C(=O)NC(CCC(=O)O)C(=O)NC(Cc1cnc[nH]1)C(=O)O. The summed E-state index contributed by atoms with van der Waals surface area (Å²) in [6, 6.07) is -3.99. The second-order valence-electron chi connectivity index (χ2n) is 8.69. The average Bonchev–Trinajstić information content (AvgIpc) is 3.53. The van der Waals surface area contributed by atoms with Gasteiger partial charge in [0.2, 0.25) is 17.7 Å². The van der Waals surface area contributed by atoms with Crippen LogP contribution in [0.4, 0.5) is 0 Å². The van der Waals surface area contributed by atoms with Crippen LogP contribution in [0.1, 0.15) is 51.6 Å². The fourth-order valence-electron chi connectivity index (χ4n) is 3.75. The standard InChI is InChI=1S/C22H34N6O7/c1-3-12(2)18(28-19(31)14-5-4-8-24-14)21(33)26-15(6-7-17(29)30)20(32)27-16(22(34)35)9-13-10-23-11-25-13/h10-12,14-16,18,24H,3-9H2,1-2H3,(H,23,25)(H,26,33)(H,27,32)(H,28,31)(H,29,30)(H,34,35). The molecule has 0 aliphatic carbocycles. The highest BCUT2D eigenvalue weighted by atomic mass is 16.4. The summed E-state index contributed by atoms with van der Waals surface area (Å²) in [4.78, 5) is 68.0. The molecule has 1 aromatic rings. The summed E-state index contributed by atoms with van der Waals surface area (Å²) in [6.07, 6.45) is 4.09. The van der Waals surface area contributed by atoms with E-state index >= 15 is 0 Å². The van der Waals surface area contributed by atoms with Crippen molar-refractivity contribution in [2.75, 3.05) is 6.54 Å². The van der Waals surface area contributed by atoms with E-state index in [4.69, 9.17) is 5.11 Å². The minimum Gasteiger partial charge on any atom is -0.481 e. The third-order valence-electron chi connectivity index (χ3n) is 6.04. The van der Waals surface area contributed by atoms with Crippen molar-refractivity contribution in [1.82, 2.24) is 31.2 Å². The van der Waals surface area contributed by atoms with Gasteiger partial charge in [-0.3, -0.25) is 19.2 Å². The van der Waals surface area contributed by atoms with Crippen molar-refractivity contribution in [3.8, 4) is 0 Å². The molecule has 5 atom stereocenters. The number of imidazole rings is 1. The molecule has 1 aliphatic heterocycles. The van der Waals surface area contributed by atoms with Gasteiger partial charge in [-0.1, -0.05) is 20.3 Å². The number of hydrogen-bond donors (Lipinski definition) is 7. The molecule has 0 bridgehead atoms. The monoisotopic (exact) mass is 494 g/mol. The van der Waals surface area contributed by atoms with Gasteiger partial charge in [-0.25, -0.2) is 9.78 Å². The molecule has 0 radical (unpaired) electrons. The van der Waals surface area contributed by atoms with Gasteiger partial charge in [0.15, 0.2) is 0 Å². The van der Waals surface area contributed by atoms with Crippen molar-refractivity contribution in [2.24, 2.45) is 5.92 Å². The first kappa shape index (κ1) is 27.8. The minimum atomic E-state index is -1.33. The van der Waals surface area contributed by atoms with Crippen molar-refractivity contribution >= 4 is 29.7 Å².